The van der Waals surface area contributed by atoms with E-state index in [4.69, 9.17) is 9.47 Å². The van der Waals surface area contributed by atoms with Crippen molar-refractivity contribution in [2.24, 2.45) is 0 Å². The van der Waals surface area contributed by atoms with Crippen molar-refractivity contribution >= 4 is 23.5 Å². The maximum absolute atomic E-state index is 5.94. The van der Waals surface area contributed by atoms with E-state index in [0.717, 1.165) is 36.2 Å². The molecule has 2 heterocycles. The van der Waals surface area contributed by atoms with Gasteiger partial charge >= 0.3 is 0 Å². The summed E-state index contributed by atoms with van der Waals surface area (Å²) < 4.78 is 11.9. The van der Waals surface area contributed by atoms with Crippen LogP contribution in [0.15, 0.2) is 0 Å². The quantitative estimate of drug-likeness (QED) is 0.831. The van der Waals surface area contributed by atoms with Crippen LogP contribution < -0.4 is 9.47 Å². The van der Waals surface area contributed by atoms with Crippen LogP contribution in [0, 0.1) is 0 Å². The molecule has 4 heteroatoms. The zero-order valence-corrected chi connectivity index (χ0v) is 12.5. The molecule has 0 bridgehead atoms. The predicted octanol–water partition coefficient (Wildman–Crippen LogP) is 3.98. The lowest BCUT2D eigenvalue weighted by atomic mass is 9.98. The molecule has 3 rings (SSSR count). The van der Waals surface area contributed by atoms with E-state index >= 15 is 0 Å². The van der Waals surface area contributed by atoms with Crippen molar-refractivity contribution in [1.82, 2.24) is 0 Å². The minimum Gasteiger partial charge on any atom is -0.493 e. The summed E-state index contributed by atoms with van der Waals surface area (Å²) in [5, 5.41) is 0. The molecule has 0 N–H and O–H groups in total. The van der Waals surface area contributed by atoms with Gasteiger partial charge in [-0.1, -0.05) is 0 Å². The number of fused-ring (bicyclic) bond motifs is 2. The Bertz CT molecular complexity index is 395. The lowest BCUT2D eigenvalue weighted by Crippen LogP contribution is -2.06. The van der Waals surface area contributed by atoms with Crippen molar-refractivity contribution in [3.05, 3.63) is 22.3 Å². The van der Waals surface area contributed by atoms with Gasteiger partial charge < -0.3 is 9.47 Å². The fourth-order valence-corrected chi connectivity index (χ4v) is 4.91. The molecule has 2 aliphatic rings. The van der Waals surface area contributed by atoms with Gasteiger partial charge in [0, 0.05) is 45.3 Å². The van der Waals surface area contributed by atoms with E-state index in [1.54, 1.807) is 0 Å². The number of benzene rings is 1. The van der Waals surface area contributed by atoms with Crippen molar-refractivity contribution < 1.29 is 9.47 Å². The molecule has 0 fully saturated rings. The van der Waals surface area contributed by atoms with Gasteiger partial charge in [-0.2, -0.15) is 23.5 Å². The molecule has 18 heavy (non-hydrogen) atoms. The van der Waals surface area contributed by atoms with Crippen LogP contribution in [0.1, 0.15) is 36.1 Å². The van der Waals surface area contributed by atoms with Crippen LogP contribution in [0.2, 0.25) is 0 Å². The average Bonchev–Trinajstić information content (AvgIpc) is 3.01. The molecule has 0 atom stereocenters. The predicted molar refractivity (Wildman–Crippen MR) is 78.8 cm³/mol. The van der Waals surface area contributed by atoms with Gasteiger partial charge in [-0.05, 0) is 13.8 Å². The minimum absolute atomic E-state index is 0.752. The Morgan fingerprint density at radius 2 is 1.06 bits per heavy atom. The van der Waals surface area contributed by atoms with Crippen LogP contribution >= 0.6 is 23.5 Å². The molecule has 2 nitrogen and oxygen atoms in total. The summed E-state index contributed by atoms with van der Waals surface area (Å²) in [4.78, 5) is 0. The third kappa shape index (κ3) is 1.90. The van der Waals surface area contributed by atoms with E-state index in [0.29, 0.717) is 0 Å². The van der Waals surface area contributed by atoms with Crippen LogP contribution in [0.5, 0.6) is 11.5 Å². The van der Waals surface area contributed by atoms with Crippen molar-refractivity contribution in [3.8, 4) is 11.5 Å². The second kappa shape index (κ2) is 5.25. The van der Waals surface area contributed by atoms with E-state index < -0.39 is 0 Å². The summed E-state index contributed by atoms with van der Waals surface area (Å²) in [5.74, 6) is 6.62. The fraction of sp³-hybridized carbons (Fsp3) is 0.571. The Morgan fingerprint density at radius 3 is 1.33 bits per heavy atom. The highest BCUT2D eigenvalue weighted by molar-refractivity contribution is 7.98. The van der Waals surface area contributed by atoms with Gasteiger partial charge in [0.2, 0.25) is 0 Å². The van der Waals surface area contributed by atoms with Crippen LogP contribution in [0.4, 0.5) is 0 Å². The number of hydrogen-bond acceptors (Lipinski definition) is 4. The van der Waals surface area contributed by atoms with Crippen LogP contribution in [0.25, 0.3) is 0 Å². The first kappa shape index (κ1) is 12.5. The molecule has 98 valence electrons. The summed E-state index contributed by atoms with van der Waals surface area (Å²) in [5.41, 5.74) is 5.58. The highest BCUT2D eigenvalue weighted by Gasteiger charge is 2.30. The zero-order chi connectivity index (χ0) is 12.5. The normalized spacial score (nSPS) is 16.6. The van der Waals surface area contributed by atoms with Gasteiger partial charge in [0.15, 0.2) is 0 Å². The molecular weight excluding hydrogens is 264 g/mol. The summed E-state index contributed by atoms with van der Waals surface area (Å²) in [6.45, 7) is 5.64. The second-order valence-corrected chi connectivity index (χ2v) is 6.40. The molecule has 1 aromatic carbocycles. The first-order valence-corrected chi connectivity index (χ1v) is 8.78. The number of hydrogen-bond donors (Lipinski definition) is 0. The number of ether oxygens (including phenoxy) is 2. The number of rotatable bonds is 4. The molecule has 1 aromatic rings. The Labute approximate surface area is 117 Å². The van der Waals surface area contributed by atoms with Gasteiger partial charge in [-0.25, -0.2) is 0 Å². The van der Waals surface area contributed by atoms with Crippen LogP contribution in [-0.2, 0) is 23.0 Å². The smallest absolute Gasteiger partial charge is 0.128 e. The first-order chi connectivity index (χ1) is 8.86. The monoisotopic (exact) mass is 282 g/mol. The standard InChI is InChI=1S/C14H18O2S2/c1-3-15-13-9-5-17-7-11(9)14(16-4-2)12-8-18-6-10(12)13/h3-8H2,1-2H3. The lowest BCUT2D eigenvalue weighted by molar-refractivity contribution is 0.323. The maximum atomic E-state index is 5.94. The number of thioether (sulfide) groups is 2. The van der Waals surface area contributed by atoms with Gasteiger partial charge in [0.05, 0.1) is 13.2 Å². The molecule has 0 unspecified atom stereocenters. The summed E-state index contributed by atoms with van der Waals surface area (Å²) in [6, 6.07) is 0. The van der Waals surface area contributed by atoms with Gasteiger partial charge in [-0.15, -0.1) is 0 Å². The summed E-state index contributed by atoms with van der Waals surface area (Å²) in [7, 11) is 0. The van der Waals surface area contributed by atoms with Gasteiger partial charge in [-0.3, -0.25) is 0 Å². The van der Waals surface area contributed by atoms with Gasteiger partial charge in [0.25, 0.3) is 0 Å². The SMILES string of the molecule is CCOc1c2c(c(OCC)c3c1CSC3)CSC2. The molecule has 0 amide bonds. The average molecular weight is 282 g/mol. The maximum Gasteiger partial charge on any atom is 0.128 e. The van der Waals surface area contributed by atoms with Crippen molar-refractivity contribution in [2.45, 2.75) is 36.9 Å². The molecule has 2 aliphatic heterocycles. The molecule has 0 radical (unpaired) electrons. The molecular formula is C14H18O2S2. The third-order valence-electron chi connectivity index (χ3n) is 3.39. The van der Waals surface area contributed by atoms with E-state index in [1.165, 1.54) is 33.8 Å². The molecule has 0 spiro atoms. The summed E-state index contributed by atoms with van der Waals surface area (Å²) in [6.07, 6.45) is 0. The Balaban J connectivity index is 2.18. The van der Waals surface area contributed by atoms with E-state index in [9.17, 15) is 0 Å². The Hall–Kier alpha value is -0.480. The van der Waals surface area contributed by atoms with E-state index in [1.807, 2.05) is 23.5 Å². The first-order valence-electron chi connectivity index (χ1n) is 6.47. The Morgan fingerprint density at radius 1 is 0.722 bits per heavy atom. The second-order valence-electron chi connectivity index (χ2n) is 4.42. The van der Waals surface area contributed by atoms with Crippen molar-refractivity contribution in [2.75, 3.05) is 13.2 Å². The fourth-order valence-electron chi connectivity index (χ4n) is 2.67. The van der Waals surface area contributed by atoms with Crippen LogP contribution in [0.3, 0.4) is 0 Å². The highest BCUT2D eigenvalue weighted by Crippen LogP contribution is 2.51. The lowest BCUT2D eigenvalue weighted by Gasteiger charge is -2.18. The van der Waals surface area contributed by atoms with Gasteiger partial charge in [0.1, 0.15) is 11.5 Å². The summed E-state index contributed by atoms with van der Waals surface area (Å²) >= 11 is 3.94. The van der Waals surface area contributed by atoms with Crippen LogP contribution in [-0.4, -0.2) is 13.2 Å². The highest BCUT2D eigenvalue weighted by atomic mass is 32.2. The van der Waals surface area contributed by atoms with Crippen molar-refractivity contribution in [3.63, 3.8) is 0 Å². The molecule has 0 aromatic heterocycles. The minimum atomic E-state index is 0.752. The molecule has 0 aliphatic carbocycles. The molecule has 0 saturated heterocycles. The third-order valence-corrected chi connectivity index (χ3v) is 5.36. The van der Waals surface area contributed by atoms with Crippen molar-refractivity contribution in [1.29, 1.82) is 0 Å². The van der Waals surface area contributed by atoms with E-state index in [-0.39, 0.29) is 0 Å². The molecule has 0 saturated carbocycles. The van der Waals surface area contributed by atoms with E-state index in [2.05, 4.69) is 13.8 Å². The Kier molecular flexibility index (Phi) is 3.66. The topological polar surface area (TPSA) is 18.5 Å². The largest absolute Gasteiger partial charge is 0.493 e. The zero-order valence-electron chi connectivity index (χ0n) is 10.9.